The van der Waals surface area contributed by atoms with Gasteiger partial charge in [-0.2, -0.15) is 0 Å². The smallest absolute Gasteiger partial charge is 0.225 e. The van der Waals surface area contributed by atoms with Crippen LogP contribution in [-0.2, 0) is 9.59 Å². The Morgan fingerprint density at radius 1 is 1.44 bits per heavy atom. The largest absolute Gasteiger partial charge is 0.356 e. The Hall–Kier alpha value is -1.06. The number of hydrogen-bond acceptors (Lipinski definition) is 2. The number of nitrogens with zero attached hydrogens (tertiary/aromatic N) is 1. The van der Waals surface area contributed by atoms with Gasteiger partial charge in [0.1, 0.15) is 0 Å². The Morgan fingerprint density at radius 2 is 2.17 bits per heavy atom. The number of amides is 2. The highest BCUT2D eigenvalue weighted by Crippen LogP contribution is 2.30. The first-order chi connectivity index (χ1) is 8.58. The van der Waals surface area contributed by atoms with Crippen LogP contribution >= 0.6 is 0 Å². The maximum Gasteiger partial charge on any atom is 0.225 e. The van der Waals surface area contributed by atoms with E-state index in [4.69, 9.17) is 0 Å². The van der Waals surface area contributed by atoms with Gasteiger partial charge < -0.3 is 10.2 Å². The third-order valence-corrected chi connectivity index (χ3v) is 4.07. The number of nitrogens with one attached hydrogen (secondary N) is 1. The van der Waals surface area contributed by atoms with E-state index in [1.165, 1.54) is 6.42 Å². The SMILES string of the molecule is CC(C)CCNC(=O)C1CC(=O)N(C2CCC2)C1. The van der Waals surface area contributed by atoms with Crippen molar-refractivity contribution in [1.82, 2.24) is 10.2 Å². The molecule has 2 fully saturated rings. The van der Waals surface area contributed by atoms with Gasteiger partial charge in [0, 0.05) is 25.6 Å². The van der Waals surface area contributed by atoms with Crippen LogP contribution in [0.5, 0.6) is 0 Å². The highest BCUT2D eigenvalue weighted by Gasteiger charge is 2.39. The molecule has 4 heteroatoms. The molecular weight excluding hydrogens is 228 g/mol. The Kier molecular flexibility index (Phi) is 4.25. The van der Waals surface area contributed by atoms with Crippen molar-refractivity contribution in [3.63, 3.8) is 0 Å². The second kappa shape index (κ2) is 5.72. The van der Waals surface area contributed by atoms with E-state index in [9.17, 15) is 9.59 Å². The van der Waals surface area contributed by atoms with E-state index in [-0.39, 0.29) is 17.7 Å². The summed E-state index contributed by atoms with van der Waals surface area (Å²) in [5.41, 5.74) is 0. The summed E-state index contributed by atoms with van der Waals surface area (Å²) in [6.07, 6.45) is 4.86. The average Bonchev–Trinajstić information content (AvgIpc) is 2.58. The fourth-order valence-corrected chi connectivity index (χ4v) is 2.59. The molecule has 0 aromatic rings. The molecule has 1 saturated heterocycles. The number of rotatable bonds is 5. The molecule has 2 rings (SSSR count). The van der Waals surface area contributed by atoms with Crippen LogP contribution in [0.2, 0.25) is 0 Å². The highest BCUT2D eigenvalue weighted by atomic mass is 16.2. The van der Waals surface area contributed by atoms with Gasteiger partial charge in [0.2, 0.25) is 11.8 Å². The first-order valence-electron chi connectivity index (χ1n) is 7.15. The summed E-state index contributed by atoms with van der Waals surface area (Å²) in [6.45, 7) is 5.65. The molecule has 0 aromatic carbocycles. The maximum atomic E-state index is 12.0. The fourth-order valence-electron chi connectivity index (χ4n) is 2.59. The number of carbonyl (C=O) groups is 2. The van der Waals surface area contributed by atoms with Crippen LogP contribution in [0, 0.1) is 11.8 Å². The van der Waals surface area contributed by atoms with Crippen LogP contribution in [0.3, 0.4) is 0 Å². The molecule has 1 heterocycles. The zero-order valence-electron chi connectivity index (χ0n) is 11.4. The monoisotopic (exact) mass is 252 g/mol. The van der Waals surface area contributed by atoms with Crippen molar-refractivity contribution in [1.29, 1.82) is 0 Å². The molecule has 1 saturated carbocycles. The fraction of sp³-hybridized carbons (Fsp3) is 0.857. The van der Waals surface area contributed by atoms with E-state index in [0.29, 0.717) is 24.9 Å². The number of carbonyl (C=O) groups excluding carboxylic acids is 2. The van der Waals surface area contributed by atoms with Crippen molar-refractivity contribution in [2.45, 2.75) is 52.0 Å². The van der Waals surface area contributed by atoms with Crippen molar-refractivity contribution < 1.29 is 9.59 Å². The molecule has 0 spiro atoms. The summed E-state index contributed by atoms with van der Waals surface area (Å²) in [6, 6.07) is 0.422. The van der Waals surface area contributed by atoms with Gasteiger partial charge in [-0.3, -0.25) is 9.59 Å². The summed E-state index contributed by atoms with van der Waals surface area (Å²) in [4.78, 5) is 25.7. The van der Waals surface area contributed by atoms with E-state index >= 15 is 0 Å². The van der Waals surface area contributed by atoms with Gasteiger partial charge in [0.05, 0.1) is 5.92 Å². The molecule has 4 nitrogen and oxygen atoms in total. The Balaban J connectivity index is 1.76. The van der Waals surface area contributed by atoms with Crippen LogP contribution in [0.25, 0.3) is 0 Å². The third kappa shape index (κ3) is 3.03. The molecule has 1 atom stereocenters. The minimum atomic E-state index is -0.120. The van der Waals surface area contributed by atoms with Crippen molar-refractivity contribution in [2.75, 3.05) is 13.1 Å². The molecule has 1 unspecified atom stereocenters. The van der Waals surface area contributed by atoms with Crippen LogP contribution < -0.4 is 5.32 Å². The summed E-state index contributed by atoms with van der Waals surface area (Å²) in [5.74, 6) is 0.710. The zero-order chi connectivity index (χ0) is 13.1. The molecule has 1 aliphatic carbocycles. The van der Waals surface area contributed by atoms with E-state index < -0.39 is 0 Å². The standard InChI is InChI=1S/C14H24N2O2/c1-10(2)6-7-15-14(18)11-8-13(17)16(9-11)12-4-3-5-12/h10-12H,3-9H2,1-2H3,(H,15,18). The average molecular weight is 252 g/mol. The summed E-state index contributed by atoms with van der Waals surface area (Å²) in [5, 5.41) is 2.95. The van der Waals surface area contributed by atoms with Crippen molar-refractivity contribution in [2.24, 2.45) is 11.8 Å². The number of hydrogen-bond donors (Lipinski definition) is 1. The normalized spacial score (nSPS) is 24.5. The minimum absolute atomic E-state index is 0.0609. The Morgan fingerprint density at radius 3 is 2.72 bits per heavy atom. The van der Waals surface area contributed by atoms with E-state index in [1.807, 2.05) is 4.90 Å². The molecule has 18 heavy (non-hydrogen) atoms. The quantitative estimate of drug-likeness (QED) is 0.807. The lowest BCUT2D eigenvalue weighted by molar-refractivity contribution is -0.131. The molecule has 102 valence electrons. The highest BCUT2D eigenvalue weighted by molar-refractivity contribution is 5.89. The van der Waals surface area contributed by atoms with E-state index in [1.54, 1.807) is 0 Å². The van der Waals surface area contributed by atoms with Crippen molar-refractivity contribution in [3.05, 3.63) is 0 Å². The number of likely N-dealkylation sites (tertiary alicyclic amines) is 1. The minimum Gasteiger partial charge on any atom is -0.356 e. The molecular formula is C14H24N2O2. The molecule has 2 aliphatic rings. The van der Waals surface area contributed by atoms with Crippen molar-refractivity contribution >= 4 is 11.8 Å². The van der Waals surface area contributed by atoms with Gasteiger partial charge in [-0.15, -0.1) is 0 Å². The van der Waals surface area contributed by atoms with Gasteiger partial charge in [-0.1, -0.05) is 13.8 Å². The molecule has 0 radical (unpaired) electrons. The predicted molar refractivity (Wildman–Crippen MR) is 69.9 cm³/mol. The predicted octanol–water partition coefficient (Wildman–Crippen LogP) is 1.55. The first kappa shape index (κ1) is 13.4. The lowest BCUT2D eigenvalue weighted by Crippen LogP contribution is -2.42. The maximum absolute atomic E-state index is 12.0. The Bertz CT molecular complexity index is 324. The molecule has 1 aliphatic heterocycles. The van der Waals surface area contributed by atoms with Crippen LogP contribution in [-0.4, -0.2) is 35.8 Å². The van der Waals surface area contributed by atoms with Gasteiger partial charge in [-0.05, 0) is 31.6 Å². The molecule has 1 N–H and O–H groups in total. The molecule has 0 aromatic heterocycles. The topological polar surface area (TPSA) is 49.4 Å². The second-order valence-electron chi connectivity index (χ2n) is 6.01. The van der Waals surface area contributed by atoms with Gasteiger partial charge >= 0.3 is 0 Å². The van der Waals surface area contributed by atoms with Gasteiger partial charge in [0.25, 0.3) is 0 Å². The van der Waals surface area contributed by atoms with E-state index in [0.717, 1.165) is 25.8 Å². The first-order valence-corrected chi connectivity index (χ1v) is 7.15. The molecule has 2 amide bonds. The van der Waals surface area contributed by atoms with Gasteiger partial charge in [0.15, 0.2) is 0 Å². The van der Waals surface area contributed by atoms with Crippen molar-refractivity contribution in [3.8, 4) is 0 Å². The Labute approximate surface area is 109 Å². The van der Waals surface area contributed by atoms with Crippen LogP contribution in [0.15, 0.2) is 0 Å². The second-order valence-corrected chi connectivity index (χ2v) is 6.01. The van der Waals surface area contributed by atoms with Gasteiger partial charge in [-0.25, -0.2) is 0 Å². The summed E-state index contributed by atoms with van der Waals surface area (Å²) >= 11 is 0. The van der Waals surface area contributed by atoms with E-state index in [2.05, 4.69) is 19.2 Å². The lowest BCUT2D eigenvalue weighted by atomic mass is 9.92. The summed E-state index contributed by atoms with van der Waals surface area (Å²) in [7, 11) is 0. The lowest BCUT2D eigenvalue weighted by Gasteiger charge is -2.34. The van der Waals surface area contributed by atoms with Crippen LogP contribution in [0.4, 0.5) is 0 Å². The summed E-state index contributed by atoms with van der Waals surface area (Å²) < 4.78 is 0. The molecule has 0 bridgehead atoms. The third-order valence-electron chi connectivity index (χ3n) is 4.07. The zero-order valence-corrected chi connectivity index (χ0v) is 11.4. The van der Waals surface area contributed by atoms with Crippen LogP contribution in [0.1, 0.15) is 46.0 Å².